The van der Waals surface area contributed by atoms with E-state index in [1.807, 2.05) is 0 Å². The molecule has 3 heteroatoms. The van der Waals surface area contributed by atoms with Gasteiger partial charge in [0.2, 0.25) is 0 Å². The molecule has 1 N–H and O–H groups in total. The van der Waals surface area contributed by atoms with Gasteiger partial charge in [0.15, 0.2) is 0 Å². The van der Waals surface area contributed by atoms with Crippen LogP contribution in [0.3, 0.4) is 0 Å². The fourth-order valence-corrected chi connectivity index (χ4v) is 3.65. The summed E-state index contributed by atoms with van der Waals surface area (Å²) in [5.74, 6) is 0.0729. The van der Waals surface area contributed by atoms with Gasteiger partial charge in [0.25, 0.3) is 0 Å². The quantitative estimate of drug-likeness (QED) is 0.603. The minimum absolute atomic E-state index is 0.0622. The molecule has 0 amide bonds. The highest BCUT2D eigenvalue weighted by Crippen LogP contribution is 2.58. The molecule has 0 aliphatic heterocycles. The van der Waals surface area contributed by atoms with E-state index in [0.29, 0.717) is 0 Å². The van der Waals surface area contributed by atoms with Gasteiger partial charge in [0, 0.05) is 18.4 Å². The third-order valence-electron chi connectivity index (χ3n) is 4.42. The van der Waals surface area contributed by atoms with Crippen molar-refractivity contribution < 1.29 is 14.6 Å². The van der Waals surface area contributed by atoms with Gasteiger partial charge in [0.1, 0.15) is 12.4 Å². The summed E-state index contributed by atoms with van der Waals surface area (Å²) in [6.07, 6.45) is 4.31. The van der Waals surface area contributed by atoms with Gasteiger partial charge in [0.05, 0.1) is 6.10 Å². The molecule has 0 aromatic carbocycles. The summed E-state index contributed by atoms with van der Waals surface area (Å²) in [5.41, 5.74) is 0.0622. The van der Waals surface area contributed by atoms with Gasteiger partial charge in [-0.3, -0.25) is 0 Å². The first-order chi connectivity index (χ1) is 7.98. The molecule has 0 aromatic rings. The van der Waals surface area contributed by atoms with Gasteiger partial charge >= 0.3 is 0 Å². The molecular weight excluding hydrogens is 216 g/mol. The van der Waals surface area contributed by atoms with E-state index in [1.165, 1.54) is 0 Å². The topological polar surface area (TPSA) is 38.7 Å². The van der Waals surface area contributed by atoms with Crippen molar-refractivity contribution in [2.24, 2.45) is 11.3 Å². The van der Waals surface area contributed by atoms with E-state index < -0.39 is 5.60 Å². The Labute approximate surface area is 103 Å². The summed E-state index contributed by atoms with van der Waals surface area (Å²) in [6, 6.07) is 0. The van der Waals surface area contributed by atoms with Crippen molar-refractivity contribution in [1.29, 1.82) is 0 Å². The average molecular weight is 238 g/mol. The van der Waals surface area contributed by atoms with Gasteiger partial charge < -0.3 is 14.6 Å². The lowest BCUT2D eigenvalue weighted by molar-refractivity contribution is -0.226. The van der Waals surface area contributed by atoms with Crippen LogP contribution in [0.15, 0.2) is 24.8 Å². The van der Waals surface area contributed by atoms with E-state index in [-0.39, 0.29) is 24.2 Å². The Morgan fingerprint density at radius 1 is 1.59 bits per heavy atom. The van der Waals surface area contributed by atoms with E-state index in [0.717, 1.165) is 24.8 Å². The van der Waals surface area contributed by atoms with Gasteiger partial charge in [-0.25, -0.2) is 0 Å². The number of fused-ring (bicyclic) bond motifs is 3. The lowest BCUT2D eigenvalue weighted by Crippen LogP contribution is -2.63. The van der Waals surface area contributed by atoms with Crippen LogP contribution in [0.4, 0.5) is 0 Å². The molecule has 0 aromatic heterocycles. The maximum atomic E-state index is 10.8. The van der Waals surface area contributed by atoms with Crippen molar-refractivity contribution >= 4 is 0 Å². The van der Waals surface area contributed by atoms with Crippen molar-refractivity contribution in [2.75, 3.05) is 13.9 Å². The Bertz CT molecular complexity index is 338. The molecule has 3 fully saturated rings. The first-order valence-corrected chi connectivity index (χ1v) is 6.12. The van der Waals surface area contributed by atoms with Crippen molar-refractivity contribution in [3.05, 3.63) is 24.8 Å². The van der Waals surface area contributed by atoms with Crippen molar-refractivity contribution in [1.82, 2.24) is 0 Å². The smallest absolute Gasteiger partial charge is 0.146 e. The standard InChI is InChI=1S/C14H22O3/c1-5-14(15)11-6-7-13(3,8-10(11)2)12(14)17-9-16-4/h5,11-12,15H,1-2,6-9H2,3-4H3/t11-,12+,13+,14-/m0/s1. The number of aliphatic hydroxyl groups is 1. The van der Waals surface area contributed by atoms with Crippen LogP contribution in [0.5, 0.6) is 0 Å². The summed E-state index contributed by atoms with van der Waals surface area (Å²) in [6.45, 7) is 10.3. The molecule has 96 valence electrons. The van der Waals surface area contributed by atoms with Gasteiger partial charge in [-0.05, 0) is 19.3 Å². The van der Waals surface area contributed by atoms with Crippen LogP contribution in [-0.4, -0.2) is 30.7 Å². The van der Waals surface area contributed by atoms with Crippen LogP contribution < -0.4 is 0 Å². The SMILES string of the molecule is C=C[C@@]1(O)[C@H](OCOC)[C@]2(C)CC[C@H]1C(=C)C2. The molecule has 0 heterocycles. The second kappa shape index (κ2) is 4.23. The molecule has 3 aliphatic carbocycles. The van der Waals surface area contributed by atoms with Crippen molar-refractivity contribution in [3.63, 3.8) is 0 Å². The Morgan fingerprint density at radius 2 is 2.29 bits per heavy atom. The fourth-order valence-electron chi connectivity index (χ4n) is 3.65. The maximum Gasteiger partial charge on any atom is 0.146 e. The zero-order valence-electron chi connectivity index (χ0n) is 10.7. The van der Waals surface area contributed by atoms with Crippen molar-refractivity contribution in [2.45, 2.75) is 37.9 Å². The molecule has 3 aliphatic rings. The molecule has 4 atom stereocenters. The van der Waals surface area contributed by atoms with Gasteiger partial charge in [-0.15, -0.1) is 6.58 Å². The highest BCUT2D eigenvalue weighted by Gasteiger charge is 2.60. The first-order valence-electron chi connectivity index (χ1n) is 6.12. The zero-order chi connectivity index (χ0) is 12.7. The average Bonchev–Trinajstić information content (AvgIpc) is 2.27. The lowest BCUT2D eigenvalue weighted by Gasteiger charge is -2.58. The third kappa shape index (κ3) is 1.77. The van der Waals surface area contributed by atoms with E-state index in [4.69, 9.17) is 9.47 Å². The number of methoxy groups -OCH3 is 1. The maximum absolute atomic E-state index is 10.8. The molecule has 0 spiro atoms. The lowest BCUT2D eigenvalue weighted by atomic mass is 9.51. The molecule has 0 saturated heterocycles. The van der Waals surface area contributed by atoms with Crippen LogP contribution in [0, 0.1) is 11.3 Å². The van der Waals surface area contributed by atoms with Crippen molar-refractivity contribution in [3.8, 4) is 0 Å². The van der Waals surface area contributed by atoms with Crippen LogP contribution in [0.25, 0.3) is 0 Å². The summed E-state index contributed by atoms with van der Waals surface area (Å²) >= 11 is 0. The molecule has 3 rings (SSSR count). The highest BCUT2D eigenvalue weighted by molar-refractivity contribution is 5.28. The predicted octanol–water partition coefficient (Wildman–Crippen LogP) is 2.27. The largest absolute Gasteiger partial charge is 0.382 e. The molecule has 0 unspecified atom stereocenters. The summed E-state index contributed by atoms with van der Waals surface area (Å²) in [7, 11) is 1.59. The van der Waals surface area contributed by atoms with E-state index in [9.17, 15) is 5.11 Å². The van der Waals surface area contributed by atoms with Crippen LogP contribution in [0.1, 0.15) is 26.2 Å². The zero-order valence-corrected chi connectivity index (χ0v) is 10.7. The van der Waals surface area contributed by atoms with Crippen LogP contribution in [0.2, 0.25) is 0 Å². The summed E-state index contributed by atoms with van der Waals surface area (Å²) in [5, 5.41) is 10.8. The minimum Gasteiger partial charge on any atom is -0.382 e. The Kier molecular flexibility index (Phi) is 3.19. The second-order valence-corrected chi connectivity index (χ2v) is 5.62. The van der Waals surface area contributed by atoms with E-state index >= 15 is 0 Å². The van der Waals surface area contributed by atoms with Crippen LogP contribution in [-0.2, 0) is 9.47 Å². The number of ether oxygens (including phenoxy) is 2. The molecule has 2 bridgehead atoms. The first kappa shape index (κ1) is 12.8. The number of rotatable bonds is 4. The minimum atomic E-state index is -0.999. The molecule has 17 heavy (non-hydrogen) atoms. The highest BCUT2D eigenvalue weighted by atomic mass is 16.7. The Balaban J connectivity index is 2.33. The number of hydrogen-bond acceptors (Lipinski definition) is 3. The monoisotopic (exact) mass is 238 g/mol. The Hall–Kier alpha value is -0.640. The molecule has 0 radical (unpaired) electrons. The second-order valence-electron chi connectivity index (χ2n) is 5.62. The van der Waals surface area contributed by atoms with Crippen LogP contribution >= 0.6 is 0 Å². The Morgan fingerprint density at radius 3 is 2.82 bits per heavy atom. The van der Waals surface area contributed by atoms with Gasteiger partial charge in [-0.2, -0.15) is 0 Å². The molecule has 3 saturated carbocycles. The van der Waals surface area contributed by atoms with E-state index in [2.05, 4.69) is 20.1 Å². The molecular formula is C14H22O3. The van der Waals surface area contributed by atoms with Gasteiger partial charge in [-0.1, -0.05) is 25.2 Å². The summed E-state index contributed by atoms with van der Waals surface area (Å²) < 4.78 is 10.7. The number of hydrogen-bond donors (Lipinski definition) is 1. The third-order valence-corrected chi connectivity index (χ3v) is 4.42. The normalized spacial score (nSPS) is 45.0. The molecule has 3 nitrogen and oxygen atoms in total. The predicted molar refractivity (Wildman–Crippen MR) is 66.5 cm³/mol. The van der Waals surface area contributed by atoms with E-state index in [1.54, 1.807) is 13.2 Å². The summed E-state index contributed by atoms with van der Waals surface area (Å²) in [4.78, 5) is 0. The fraction of sp³-hybridized carbons (Fsp3) is 0.714.